The standard InChI is InChI=1S/C17H12OS2/c18-15(16-13-7-3-1-5-11(13)9-19-16)17-14-8-4-2-6-12(14)10-20-17/h1-10,15,18H. The summed E-state index contributed by atoms with van der Waals surface area (Å²) in [6, 6.07) is 16.5. The molecule has 0 amide bonds. The van der Waals surface area contributed by atoms with Crippen molar-refractivity contribution >= 4 is 44.2 Å². The zero-order valence-corrected chi connectivity index (χ0v) is 12.2. The van der Waals surface area contributed by atoms with Crippen molar-refractivity contribution in [2.45, 2.75) is 6.10 Å². The Labute approximate surface area is 124 Å². The van der Waals surface area contributed by atoms with Crippen LogP contribution >= 0.6 is 22.7 Å². The van der Waals surface area contributed by atoms with Crippen LogP contribution in [-0.4, -0.2) is 5.11 Å². The summed E-state index contributed by atoms with van der Waals surface area (Å²) in [6.45, 7) is 0. The van der Waals surface area contributed by atoms with E-state index in [2.05, 4.69) is 35.0 Å². The van der Waals surface area contributed by atoms with Gasteiger partial charge in [0, 0.05) is 9.75 Å². The maximum Gasteiger partial charge on any atom is 0.124 e. The highest BCUT2D eigenvalue weighted by molar-refractivity contribution is 7.13. The van der Waals surface area contributed by atoms with Crippen LogP contribution in [0.2, 0.25) is 0 Å². The Bertz CT molecular complexity index is 814. The van der Waals surface area contributed by atoms with Crippen LogP contribution in [0.1, 0.15) is 15.9 Å². The number of rotatable bonds is 2. The Kier molecular flexibility index (Phi) is 2.84. The first-order valence-corrected chi connectivity index (χ1v) is 8.21. The molecule has 0 saturated carbocycles. The smallest absolute Gasteiger partial charge is 0.124 e. The lowest BCUT2D eigenvalue weighted by molar-refractivity contribution is 0.231. The molecule has 0 aliphatic rings. The van der Waals surface area contributed by atoms with E-state index in [0.29, 0.717) is 0 Å². The van der Waals surface area contributed by atoms with Gasteiger partial charge >= 0.3 is 0 Å². The molecule has 2 heterocycles. The highest BCUT2D eigenvalue weighted by atomic mass is 32.1. The predicted octanol–water partition coefficient (Wildman–Crippen LogP) is 5.20. The third kappa shape index (κ3) is 1.79. The molecule has 0 fully saturated rings. The number of hydrogen-bond donors (Lipinski definition) is 1. The quantitative estimate of drug-likeness (QED) is 0.539. The van der Waals surface area contributed by atoms with Crippen molar-refractivity contribution in [2.24, 2.45) is 0 Å². The van der Waals surface area contributed by atoms with Crippen LogP contribution in [0.5, 0.6) is 0 Å². The minimum Gasteiger partial charge on any atom is -0.382 e. The Balaban J connectivity index is 1.90. The molecule has 0 unspecified atom stereocenters. The molecule has 2 aromatic heterocycles. The number of fused-ring (bicyclic) bond motifs is 2. The van der Waals surface area contributed by atoms with Gasteiger partial charge in [0.15, 0.2) is 0 Å². The van der Waals surface area contributed by atoms with Crippen molar-refractivity contribution < 1.29 is 5.11 Å². The Morgan fingerprint density at radius 2 is 1.15 bits per heavy atom. The molecular weight excluding hydrogens is 284 g/mol. The molecule has 2 aromatic carbocycles. The van der Waals surface area contributed by atoms with E-state index in [-0.39, 0.29) is 0 Å². The van der Waals surface area contributed by atoms with E-state index in [1.54, 1.807) is 22.7 Å². The maximum atomic E-state index is 10.8. The summed E-state index contributed by atoms with van der Waals surface area (Å²) in [4.78, 5) is 2.07. The van der Waals surface area contributed by atoms with E-state index >= 15 is 0 Å². The summed E-state index contributed by atoms with van der Waals surface area (Å²) < 4.78 is 0. The topological polar surface area (TPSA) is 20.2 Å². The van der Waals surface area contributed by atoms with E-state index in [9.17, 15) is 5.11 Å². The van der Waals surface area contributed by atoms with E-state index in [1.807, 2.05) is 24.3 Å². The molecule has 0 atom stereocenters. The second kappa shape index (κ2) is 4.70. The summed E-state index contributed by atoms with van der Waals surface area (Å²) in [5.41, 5.74) is 0. The molecule has 0 saturated heterocycles. The summed E-state index contributed by atoms with van der Waals surface area (Å²) in [5.74, 6) is 0. The zero-order valence-electron chi connectivity index (χ0n) is 10.6. The van der Waals surface area contributed by atoms with Crippen LogP contribution in [0.4, 0.5) is 0 Å². The van der Waals surface area contributed by atoms with Gasteiger partial charge in [0.1, 0.15) is 6.10 Å². The molecular formula is C17H12OS2. The van der Waals surface area contributed by atoms with Crippen molar-refractivity contribution in [3.05, 3.63) is 69.0 Å². The fourth-order valence-corrected chi connectivity index (χ4v) is 4.68. The minimum atomic E-state index is -0.537. The average Bonchev–Trinajstić information content (AvgIpc) is 3.11. The molecule has 4 rings (SSSR count). The van der Waals surface area contributed by atoms with E-state index < -0.39 is 6.10 Å². The van der Waals surface area contributed by atoms with Crippen LogP contribution in [0.3, 0.4) is 0 Å². The van der Waals surface area contributed by atoms with Crippen LogP contribution < -0.4 is 0 Å². The Morgan fingerprint density at radius 1 is 0.700 bits per heavy atom. The van der Waals surface area contributed by atoms with Gasteiger partial charge < -0.3 is 5.11 Å². The number of hydrogen-bond acceptors (Lipinski definition) is 3. The van der Waals surface area contributed by atoms with Gasteiger partial charge in [-0.2, -0.15) is 0 Å². The van der Waals surface area contributed by atoms with Gasteiger partial charge in [-0.3, -0.25) is 0 Å². The molecule has 0 bridgehead atoms. The Morgan fingerprint density at radius 3 is 1.65 bits per heavy atom. The second-order valence-electron chi connectivity index (χ2n) is 4.78. The average molecular weight is 296 g/mol. The summed E-state index contributed by atoms with van der Waals surface area (Å²) in [5, 5.41) is 19.7. The molecule has 0 aliphatic carbocycles. The van der Waals surface area contributed by atoms with Gasteiger partial charge in [-0.1, -0.05) is 48.5 Å². The first-order chi connectivity index (χ1) is 9.84. The highest BCUT2D eigenvalue weighted by Gasteiger charge is 2.19. The monoisotopic (exact) mass is 296 g/mol. The van der Waals surface area contributed by atoms with Gasteiger partial charge in [-0.25, -0.2) is 0 Å². The van der Waals surface area contributed by atoms with E-state index in [4.69, 9.17) is 0 Å². The van der Waals surface area contributed by atoms with E-state index in [0.717, 1.165) is 20.5 Å². The van der Waals surface area contributed by atoms with Gasteiger partial charge in [-0.05, 0) is 32.3 Å². The molecule has 3 heteroatoms. The van der Waals surface area contributed by atoms with Crippen molar-refractivity contribution in [1.82, 2.24) is 0 Å². The fraction of sp³-hybridized carbons (Fsp3) is 0.0588. The maximum absolute atomic E-state index is 10.8. The lowest BCUT2D eigenvalue weighted by Gasteiger charge is -2.08. The minimum absolute atomic E-state index is 0.537. The molecule has 98 valence electrons. The molecule has 0 aliphatic heterocycles. The summed E-state index contributed by atoms with van der Waals surface area (Å²) in [7, 11) is 0. The molecule has 20 heavy (non-hydrogen) atoms. The van der Waals surface area contributed by atoms with E-state index in [1.165, 1.54) is 10.8 Å². The third-order valence-corrected chi connectivity index (χ3v) is 5.71. The molecule has 0 radical (unpaired) electrons. The first-order valence-electron chi connectivity index (χ1n) is 6.45. The van der Waals surface area contributed by atoms with Crippen LogP contribution in [0.15, 0.2) is 59.3 Å². The second-order valence-corrected chi connectivity index (χ2v) is 6.60. The summed E-state index contributed by atoms with van der Waals surface area (Å²) in [6.07, 6.45) is -0.537. The number of benzene rings is 2. The SMILES string of the molecule is OC(c1scc2ccccc12)c1scc2ccccc12. The fourth-order valence-electron chi connectivity index (χ4n) is 2.57. The van der Waals surface area contributed by atoms with Gasteiger partial charge in [-0.15, -0.1) is 22.7 Å². The molecule has 0 spiro atoms. The largest absolute Gasteiger partial charge is 0.382 e. The lowest BCUT2D eigenvalue weighted by Crippen LogP contribution is -1.95. The van der Waals surface area contributed by atoms with Crippen molar-refractivity contribution in [3.8, 4) is 0 Å². The summed E-state index contributed by atoms with van der Waals surface area (Å²) >= 11 is 3.27. The molecule has 1 nitrogen and oxygen atoms in total. The number of aliphatic hydroxyl groups excluding tert-OH is 1. The highest BCUT2D eigenvalue weighted by Crippen LogP contribution is 2.39. The number of thiophene rings is 2. The predicted molar refractivity (Wildman–Crippen MR) is 87.7 cm³/mol. The van der Waals surface area contributed by atoms with Crippen LogP contribution in [0, 0.1) is 0 Å². The van der Waals surface area contributed by atoms with Crippen LogP contribution in [0.25, 0.3) is 21.5 Å². The van der Waals surface area contributed by atoms with Crippen molar-refractivity contribution in [3.63, 3.8) is 0 Å². The van der Waals surface area contributed by atoms with Crippen molar-refractivity contribution in [2.75, 3.05) is 0 Å². The molecule has 4 aromatic rings. The third-order valence-electron chi connectivity index (χ3n) is 3.57. The van der Waals surface area contributed by atoms with Crippen molar-refractivity contribution in [1.29, 1.82) is 0 Å². The van der Waals surface area contributed by atoms with Crippen LogP contribution in [-0.2, 0) is 0 Å². The molecule has 1 N–H and O–H groups in total. The first kappa shape index (κ1) is 12.1. The lowest BCUT2D eigenvalue weighted by atomic mass is 10.1. The van der Waals surface area contributed by atoms with Gasteiger partial charge in [0.05, 0.1) is 0 Å². The Hall–Kier alpha value is -1.68. The van der Waals surface area contributed by atoms with Gasteiger partial charge in [0.2, 0.25) is 0 Å². The zero-order chi connectivity index (χ0) is 13.5. The normalized spacial score (nSPS) is 11.7. The van der Waals surface area contributed by atoms with Gasteiger partial charge in [0.25, 0.3) is 0 Å². The number of aliphatic hydroxyl groups is 1.